The van der Waals surface area contributed by atoms with Crippen LogP contribution in [0.5, 0.6) is 5.75 Å². The number of carbonyl (C=O) groups excluding carboxylic acids is 1. The van der Waals surface area contributed by atoms with E-state index >= 15 is 0 Å². The number of hydrogen-bond donors (Lipinski definition) is 2. The molecule has 0 aromatic heterocycles. The van der Waals surface area contributed by atoms with Gasteiger partial charge in [0.2, 0.25) is 5.91 Å². The Morgan fingerprint density at radius 2 is 2.20 bits per heavy atom. The summed E-state index contributed by atoms with van der Waals surface area (Å²) in [5.41, 5.74) is 6.51. The van der Waals surface area contributed by atoms with Crippen molar-refractivity contribution in [1.29, 1.82) is 0 Å². The van der Waals surface area contributed by atoms with E-state index in [1.807, 2.05) is 0 Å². The van der Waals surface area contributed by atoms with E-state index in [0.29, 0.717) is 18.0 Å². The first-order chi connectivity index (χ1) is 9.54. The molecular weight excluding hydrogens is 266 g/mol. The van der Waals surface area contributed by atoms with Crippen LogP contribution in [0.2, 0.25) is 0 Å². The lowest BCUT2D eigenvalue weighted by Gasteiger charge is -2.12. The molecule has 3 N–H and O–H groups in total. The molecule has 1 saturated carbocycles. The van der Waals surface area contributed by atoms with Crippen LogP contribution in [0.1, 0.15) is 18.4 Å². The molecule has 4 nitrogen and oxygen atoms in total. The van der Waals surface area contributed by atoms with Gasteiger partial charge in [0.05, 0.1) is 6.42 Å². The average Bonchev–Trinajstić information content (AvgIpc) is 3.19. The number of rotatable bonds is 7. The van der Waals surface area contributed by atoms with E-state index in [4.69, 9.17) is 5.73 Å². The van der Waals surface area contributed by atoms with Gasteiger partial charge in [0.25, 0.3) is 0 Å². The molecule has 1 fully saturated rings. The summed E-state index contributed by atoms with van der Waals surface area (Å²) >= 11 is 0. The van der Waals surface area contributed by atoms with E-state index in [-0.39, 0.29) is 24.1 Å². The monoisotopic (exact) mass is 284 g/mol. The third-order valence-corrected chi connectivity index (χ3v) is 3.25. The predicted molar refractivity (Wildman–Crippen MR) is 70.5 cm³/mol. The number of ether oxygens (including phenoxy) is 1. The van der Waals surface area contributed by atoms with Crippen molar-refractivity contribution in [2.75, 3.05) is 6.54 Å². The maximum absolute atomic E-state index is 12.1. The maximum atomic E-state index is 12.1. The molecule has 0 spiro atoms. The number of halogens is 2. The molecule has 1 unspecified atom stereocenters. The lowest BCUT2D eigenvalue weighted by atomic mass is 10.1. The summed E-state index contributed by atoms with van der Waals surface area (Å²) in [6.45, 7) is -2.41. The molecule has 2 rings (SSSR count). The van der Waals surface area contributed by atoms with Crippen LogP contribution in [0.25, 0.3) is 0 Å². The summed E-state index contributed by atoms with van der Waals surface area (Å²) in [5.74, 6) is 0.411. The number of alkyl halides is 2. The second-order valence-electron chi connectivity index (χ2n) is 5.01. The fraction of sp³-hybridized carbons (Fsp3) is 0.500. The number of amides is 1. The van der Waals surface area contributed by atoms with Gasteiger partial charge in [-0.15, -0.1) is 0 Å². The zero-order valence-corrected chi connectivity index (χ0v) is 11.0. The van der Waals surface area contributed by atoms with Gasteiger partial charge in [0.15, 0.2) is 0 Å². The molecule has 0 bridgehead atoms. The zero-order chi connectivity index (χ0) is 14.5. The Hall–Kier alpha value is -1.69. The zero-order valence-electron chi connectivity index (χ0n) is 11.0. The minimum atomic E-state index is -2.87. The van der Waals surface area contributed by atoms with Gasteiger partial charge >= 0.3 is 6.61 Å². The Kier molecular flexibility index (Phi) is 4.89. The highest BCUT2D eigenvalue weighted by Crippen LogP contribution is 2.31. The number of carbonyl (C=O) groups is 1. The summed E-state index contributed by atoms with van der Waals surface area (Å²) in [6, 6.07) is 6.14. The first kappa shape index (κ1) is 14.7. The molecule has 1 aliphatic carbocycles. The number of nitrogens with two attached hydrogens (primary N) is 1. The third-order valence-electron chi connectivity index (χ3n) is 3.25. The summed E-state index contributed by atoms with van der Waals surface area (Å²) < 4.78 is 28.5. The van der Waals surface area contributed by atoms with Crippen LogP contribution in [-0.2, 0) is 11.2 Å². The minimum Gasteiger partial charge on any atom is -0.435 e. The van der Waals surface area contributed by atoms with Crippen molar-refractivity contribution < 1.29 is 18.3 Å². The van der Waals surface area contributed by atoms with Crippen LogP contribution in [0.3, 0.4) is 0 Å². The fourth-order valence-corrected chi connectivity index (χ4v) is 2.00. The average molecular weight is 284 g/mol. The Balaban J connectivity index is 1.80. The normalized spacial score (nSPS) is 16.0. The Morgan fingerprint density at radius 1 is 1.45 bits per heavy atom. The summed E-state index contributed by atoms with van der Waals surface area (Å²) in [7, 11) is 0. The molecule has 0 radical (unpaired) electrons. The van der Waals surface area contributed by atoms with E-state index in [1.54, 1.807) is 12.1 Å². The highest BCUT2D eigenvalue weighted by atomic mass is 19.3. The molecule has 0 saturated heterocycles. The van der Waals surface area contributed by atoms with Crippen LogP contribution in [0.15, 0.2) is 24.3 Å². The van der Waals surface area contributed by atoms with Gasteiger partial charge < -0.3 is 15.8 Å². The number of hydrogen-bond acceptors (Lipinski definition) is 3. The molecule has 1 atom stereocenters. The highest BCUT2D eigenvalue weighted by Gasteiger charge is 2.28. The molecule has 1 aromatic rings. The highest BCUT2D eigenvalue weighted by molar-refractivity contribution is 5.78. The molecule has 20 heavy (non-hydrogen) atoms. The van der Waals surface area contributed by atoms with Gasteiger partial charge in [-0.25, -0.2) is 0 Å². The van der Waals surface area contributed by atoms with Crippen molar-refractivity contribution in [1.82, 2.24) is 5.32 Å². The predicted octanol–water partition coefficient (Wildman–Crippen LogP) is 1.68. The van der Waals surface area contributed by atoms with Gasteiger partial charge in [-0.1, -0.05) is 12.1 Å². The van der Waals surface area contributed by atoms with E-state index in [1.165, 1.54) is 12.1 Å². The van der Waals surface area contributed by atoms with Gasteiger partial charge in [0, 0.05) is 12.6 Å². The summed E-state index contributed by atoms with van der Waals surface area (Å²) in [5, 5.41) is 2.76. The van der Waals surface area contributed by atoms with Crippen LogP contribution >= 0.6 is 0 Å². The lowest BCUT2D eigenvalue weighted by Crippen LogP contribution is -2.39. The van der Waals surface area contributed by atoms with Gasteiger partial charge in [0.1, 0.15) is 5.75 Å². The van der Waals surface area contributed by atoms with E-state index in [0.717, 1.165) is 12.8 Å². The SMILES string of the molecule is NC(CNC(=O)Cc1cccc(OC(F)F)c1)C1CC1. The number of nitrogens with one attached hydrogen (secondary N) is 1. The standard InChI is InChI=1S/C14H18F2N2O2/c15-14(16)20-11-3-1-2-9(6-11)7-13(19)18-8-12(17)10-4-5-10/h1-3,6,10,12,14H,4-5,7-8,17H2,(H,18,19). The van der Waals surface area contributed by atoms with Gasteiger partial charge in [-0.2, -0.15) is 8.78 Å². The van der Waals surface area contributed by atoms with Gasteiger partial charge in [-0.05, 0) is 36.5 Å². The summed E-state index contributed by atoms with van der Waals surface area (Å²) in [6.07, 6.45) is 2.38. The second-order valence-corrected chi connectivity index (χ2v) is 5.01. The van der Waals surface area contributed by atoms with Crippen LogP contribution in [0, 0.1) is 5.92 Å². The molecule has 6 heteroatoms. The third kappa shape index (κ3) is 4.77. The Bertz CT molecular complexity index is 464. The first-order valence-electron chi connectivity index (χ1n) is 6.60. The first-order valence-corrected chi connectivity index (χ1v) is 6.60. The molecule has 1 amide bonds. The van der Waals surface area contributed by atoms with Crippen molar-refractivity contribution in [3.8, 4) is 5.75 Å². The Morgan fingerprint density at radius 3 is 2.85 bits per heavy atom. The minimum absolute atomic E-state index is 0.00690. The lowest BCUT2D eigenvalue weighted by molar-refractivity contribution is -0.120. The number of benzene rings is 1. The maximum Gasteiger partial charge on any atom is 0.387 e. The van der Waals surface area contributed by atoms with Crippen molar-refractivity contribution in [3.63, 3.8) is 0 Å². The van der Waals surface area contributed by atoms with E-state index < -0.39 is 6.61 Å². The molecule has 1 aromatic carbocycles. The van der Waals surface area contributed by atoms with Crippen molar-refractivity contribution in [3.05, 3.63) is 29.8 Å². The smallest absolute Gasteiger partial charge is 0.387 e. The molecule has 0 heterocycles. The van der Waals surface area contributed by atoms with Crippen LogP contribution in [0.4, 0.5) is 8.78 Å². The quantitative estimate of drug-likeness (QED) is 0.800. The Labute approximate surface area is 116 Å². The second kappa shape index (κ2) is 6.65. The van der Waals surface area contributed by atoms with E-state index in [2.05, 4.69) is 10.1 Å². The van der Waals surface area contributed by atoms with Crippen molar-refractivity contribution >= 4 is 5.91 Å². The molecule has 0 aliphatic heterocycles. The summed E-state index contributed by atoms with van der Waals surface area (Å²) in [4.78, 5) is 11.7. The van der Waals surface area contributed by atoms with Crippen molar-refractivity contribution in [2.45, 2.75) is 31.9 Å². The fourth-order valence-electron chi connectivity index (χ4n) is 2.00. The molecule has 110 valence electrons. The van der Waals surface area contributed by atoms with Crippen LogP contribution < -0.4 is 15.8 Å². The van der Waals surface area contributed by atoms with Crippen molar-refractivity contribution in [2.24, 2.45) is 11.7 Å². The topological polar surface area (TPSA) is 64.3 Å². The largest absolute Gasteiger partial charge is 0.435 e. The van der Waals surface area contributed by atoms with Gasteiger partial charge in [-0.3, -0.25) is 4.79 Å². The van der Waals surface area contributed by atoms with E-state index in [9.17, 15) is 13.6 Å². The molecular formula is C14H18F2N2O2. The molecule has 1 aliphatic rings. The van der Waals surface area contributed by atoms with Crippen LogP contribution in [-0.4, -0.2) is 25.1 Å².